The second-order valence-electron chi connectivity index (χ2n) is 3.58. The Morgan fingerprint density at radius 3 is 2.71 bits per heavy atom. The fraction of sp³-hybridized carbons (Fsp3) is 0.182. The van der Waals surface area contributed by atoms with Crippen molar-refractivity contribution in [1.29, 1.82) is 0 Å². The molecule has 0 aliphatic rings. The monoisotopic (exact) mass is 233 g/mol. The first-order chi connectivity index (χ1) is 8.27. The summed E-state index contributed by atoms with van der Waals surface area (Å²) in [6, 6.07) is 7.35. The molecule has 1 aromatic carbocycles. The van der Waals surface area contributed by atoms with Gasteiger partial charge in [-0.3, -0.25) is 10.9 Å². The first-order valence-electron chi connectivity index (χ1n) is 5.15. The van der Waals surface area contributed by atoms with Crippen molar-refractivity contribution in [3.63, 3.8) is 0 Å². The third-order valence-corrected chi connectivity index (χ3v) is 2.63. The summed E-state index contributed by atoms with van der Waals surface area (Å²) in [6.45, 7) is 0. The SMILES string of the molecule is COc1ccccc1C(NN)c1cn[nH]c1N. The molecule has 6 N–H and O–H groups in total. The third kappa shape index (κ3) is 2.08. The summed E-state index contributed by atoms with van der Waals surface area (Å²) in [5.74, 6) is 6.82. The second kappa shape index (κ2) is 4.86. The normalized spacial score (nSPS) is 12.4. The quantitative estimate of drug-likeness (QED) is 0.456. The van der Waals surface area contributed by atoms with Crippen LogP contribution in [0, 0.1) is 0 Å². The Labute approximate surface area is 98.9 Å². The van der Waals surface area contributed by atoms with Gasteiger partial charge in [0.2, 0.25) is 0 Å². The minimum Gasteiger partial charge on any atom is -0.496 e. The average Bonchev–Trinajstić information content (AvgIpc) is 2.78. The number of aromatic nitrogens is 2. The van der Waals surface area contributed by atoms with Gasteiger partial charge in [0.25, 0.3) is 0 Å². The van der Waals surface area contributed by atoms with E-state index in [9.17, 15) is 0 Å². The second-order valence-corrected chi connectivity index (χ2v) is 3.58. The number of methoxy groups -OCH3 is 1. The zero-order valence-electron chi connectivity index (χ0n) is 9.47. The first-order valence-corrected chi connectivity index (χ1v) is 5.15. The number of benzene rings is 1. The van der Waals surface area contributed by atoms with E-state index >= 15 is 0 Å². The van der Waals surface area contributed by atoms with Crippen molar-refractivity contribution in [2.24, 2.45) is 5.84 Å². The standard InChI is InChI=1S/C11H15N5O/c1-17-9-5-3-2-4-7(9)10(15-13)8-6-14-16-11(8)12/h2-6,10,15H,13H2,1H3,(H3,12,14,16). The Morgan fingerprint density at radius 2 is 2.12 bits per heavy atom. The summed E-state index contributed by atoms with van der Waals surface area (Å²) >= 11 is 0. The van der Waals surface area contributed by atoms with E-state index < -0.39 is 0 Å². The summed E-state index contributed by atoms with van der Waals surface area (Å²) in [7, 11) is 1.62. The number of hydrogen-bond acceptors (Lipinski definition) is 5. The number of rotatable bonds is 4. The molecule has 0 bridgehead atoms. The summed E-state index contributed by atoms with van der Waals surface area (Å²) in [6.07, 6.45) is 1.65. The number of para-hydroxylation sites is 1. The molecule has 0 spiro atoms. The van der Waals surface area contributed by atoms with Gasteiger partial charge in [0.05, 0.1) is 19.3 Å². The van der Waals surface area contributed by atoms with Crippen LogP contribution in [0.5, 0.6) is 5.75 Å². The maximum Gasteiger partial charge on any atom is 0.124 e. The van der Waals surface area contributed by atoms with E-state index in [0.717, 1.165) is 16.9 Å². The molecule has 90 valence electrons. The van der Waals surface area contributed by atoms with E-state index in [0.29, 0.717) is 5.82 Å². The van der Waals surface area contributed by atoms with E-state index in [2.05, 4.69) is 15.6 Å². The van der Waals surface area contributed by atoms with Crippen LogP contribution in [0.4, 0.5) is 5.82 Å². The summed E-state index contributed by atoms with van der Waals surface area (Å²) in [5, 5.41) is 6.57. The van der Waals surface area contributed by atoms with Crippen LogP contribution in [-0.2, 0) is 0 Å². The zero-order chi connectivity index (χ0) is 12.3. The minimum atomic E-state index is -0.259. The number of ether oxygens (including phenoxy) is 1. The highest BCUT2D eigenvalue weighted by Crippen LogP contribution is 2.30. The van der Waals surface area contributed by atoms with Gasteiger partial charge in [-0.05, 0) is 6.07 Å². The number of hydrazine groups is 1. The Balaban J connectivity index is 2.46. The number of hydrogen-bond donors (Lipinski definition) is 4. The van der Waals surface area contributed by atoms with Crippen molar-refractivity contribution in [3.8, 4) is 5.75 Å². The molecule has 1 aromatic heterocycles. The molecule has 0 aliphatic heterocycles. The lowest BCUT2D eigenvalue weighted by Gasteiger charge is -2.18. The van der Waals surface area contributed by atoms with Crippen molar-refractivity contribution in [2.75, 3.05) is 12.8 Å². The van der Waals surface area contributed by atoms with Crippen molar-refractivity contribution in [2.45, 2.75) is 6.04 Å². The minimum absolute atomic E-state index is 0.259. The topological polar surface area (TPSA) is 102 Å². The first kappa shape index (κ1) is 11.4. The molecule has 0 saturated carbocycles. The Hall–Kier alpha value is -2.05. The smallest absolute Gasteiger partial charge is 0.124 e. The highest BCUT2D eigenvalue weighted by Gasteiger charge is 2.19. The Morgan fingerprint density at radius 1 is 1.35 bits per heavy atom. The molecule has 0 aliphatic carbocycles. The molecule has 0 saturated heterocycles. The van der Waals surface area contributed by atoms with Gasteiger partial charge in [0, 0.05) is 11.1 Å². The lowest BCUT2D eigenvalue weighted by molar-refractivity contribution is 0.404. The Kier molecular flexibility index (Phi) is 3.27. The highest BCUT2D eigenvalue weighted by molar-refractivity contribution is 5.48. The van der Waals surface area contributed by atoms with Gasteiger partial charge in [0.15, 0.2) is 0 Å². The van der Waals surface area contributed by atoms with Crippen molar-refractivity contribution >= 4 is 5.82 Å². The van der Waals surface area contributed by atoms with Crippen LogP contribution in [0.25, 0.3) is 0 Å². The van der Waals surface area contributed by atoms with E-state index in [1.807, 2.05) is 24.3 Å². The van der Waals surface area contributed by atoms with Gasteiger partial charge in [0.1, 0.15) is 11.6 Å². The summed E-state index contributed by atoms with van der Waals surface area (Å²) in [5.41, 5.74) is 10.2. The predicted octanol–water partition coefficient (Wildman–Crippen LogP) is 0.553. The van der Waals surface area contributed by atoms with Crippen LogP contribution in [-0.4, -0.2) is 17.3 Å². The van der Waals surface area contributed by atoms with E-state index in [-0.39, 0.29) is 6.04 Å². The number of aromatic amines is 1. The summed E-state index contributed by atoms with van der Waals surface area (Å²) in [4.78, 5) is 0. The number of nitrogens with one attached hydrogen (secondary N) is 2. The van der Waals surface area contributed by atoms with Gasteiger partial charge >= 0.3 is 0 Å². The van der Waals surface area contributed by atoms with Crippen LogP contribution in [0.2, 0.25) is 0 Å². The fourth-order valence-corrected chi connectivity index (χ4v) is 1.79. The van der Waals surface area contributed by atoms with Gasteiger partial charge < -0.3 is 10.5 Å². The van der Waals surface area contributed by atoms with E-state index in [1.54, 1.807) is 13.3 Å². The van der Waals surface area contributed by atoms with Gasteiger partial charge in [-0.25, -0.2) is 5.43 Å². The van der Waals surface area contributed by atoms with Crippen LogP contribution in [0.1, 0.15) is 17.2 Å². The molecule has 0 radical (unpaired) electrons. The number of H-pyrrole nitrogens is 1. The van der Waals surface area contributed by atoms with Crippen LogP contribution in [0.3, 0.4) is 0 Å². The lowest BCUT2D eigenvalue weighted by atomic mass is 10.0. The molecular formula is C11H15N5O. The van der Waals surface area contributed by atoms with Crippen LogP contribution >= 0.6 is 0 Å². The maximum absolute atomic E-state index is 5.79. The van der Waals surface area contributed by atoms with Gasteiger partial charge in [-0.2, -0.15) is 5.10 Å². The van der Waals surface area contributed by atoms with Crippen LogP contribution in [0.15, 0.2) is 30.5 Å². The molecule has 1 unspecified atom stereocenters. The summed E-state index contributed by atoms with van der Waals surface area (Å²) < 4.78 is 5.30. The number of nitrogens with zero attached hydrogens (tertiary/aromatic N) is 1. The molecule has 2 rings (SSSR count). The molecule has 17 heavy (non-hydrogen) atoms. The van der Waals surface area contributed by atoms with E-state index in [4.69, 9.17) is 16.3 Å². The molecule has 6 heteroatoms. The molecule has 0 amide bonds. The lowest BCUT2D eigenvalue weighted by Crippen LogP contribution is -2.29. The average molecular weight is 233 g/mol. The predicted molar refractivity (Wildman–Crippen MR) is 65.2 cm³/mol. The zero-order valence-corrected chi connectivity index (χ0v) is 9.47. The third-order valence-electron chi connectivity index (χ3n) is 2.63. The van der Waals surface area contributed by atoms with Gasteiger partial charge in [-0.15, -0.1) is 0 Å². The molecule has 6 nitrogen and oxygen atoms in total. The van der Waals surface area contributed by atoms with E-state index in [1.165, 1.54) is 0 Å². The van der Waals surface area contributed by atoms with Crippen molar-refractivity contribution in [3.05, 3.63) is 41.6 Å². The number of anilines is 1. The maximum atomic E-state index is 5.79. The fourth-order valence-electron chi connectivity index (χ4n) is 1.79. The number of nitrogen functional groups attached to an aromatic ring is 1. The molecular weight excluding hydrogens is 218 g/mol. The molecule has 1 atom stereocenters. The highest BCUT2D eigenvalue weighted by atomic mass is 16.5. The van der Waals surface area contributed by atoms with Crippen LogP contribution < -0.4 is 21.7 Å². The largest absolute Gasteiger partial charge is 0.496 e. The van der Waals surface area contributed by atoms with Crippen molar-refractivity contribution in [1.82, 2.24) is 15.6 Å². The molecule has 2 aromatic rings. The van der Waals surface area contributed by atoms with Crippen molar-refractivity contribution < 1.29 is 4.74 Å². The number of nitrogens with two attached hydrogens (primary N) is 2. The molecule has 0 fully saturated rings. The molecule has 1 heterocycles. The Bertz CT molecular complexity index is 496. The van der Waals surface area contributed by atoms with Gasteiger partial charge in [-0.1, -0.05) is 18.2 Å².